The highest BCUT2D eigenvalue weighted by molar-refractivity contribution is 4.99. The normalized spacial score (nSPS) is 15.7. The van der Waals surface area contributed by atoms with Gasteiger partial charge in [-0.15, -0.1) is 12.3 Å². The lowest BCUT2D eigenvalue weighted by molar-refractivity contribution is 0.0278. The van der Waals surface area contributed by atoms with Gasteiger partial charge in [-0.25, -0.2) is 0 Å². The van der Waals surface area contributed by atoms with Gasteiger partial charge in [0.25, 0.3) is 0 Å². The predicted octanol–water partition coefficient (Wildman–Crippen LogP) is 3.61. The molecule has 0 heterocycles. The summed E-state index contributed by atoms with van der Waals surface area (Å²) in [6.07, 6.45) is 10.9. The van der Waals surface area contributed by atoms with Crippen molar-refractivity contribution in [2.45, 2.75) is 65.9 Å². The van der Waals surface area contributed by atoms with E-state index in [9.17, 15) is 5.11 Å². The van der Waals surface area contributed by atoms with Crippen LogP contribution in [0, 0.1) is 23.7 Å². The number of rotatable bonds is 6. The molecule has 1 heteroatoms. The van der Waals surface area contributed by atoms with Crippen LogP contribution in [0.5, 0.6) is 0 Å². The molecule has 1 N–H and O–H groups in total. The van der Waals surface area contributed by atoms with Gasteiger partial charge in [-0.2, -0.15) is 0 Å². The van der Waals surface area contributed by atoms with Crippen LogP contribution in [0.15, 0.2) is 0 Å². The largest absolute Gasteiger partial charge is 0.391 e. The van der Waals surface area contributed by atoms with Crippen LogP contribution < -0.4 is 0 Å². The first-order chi connectivity index (χ1) is 6.93. The van der Waals surface area contributed by atoms with Gasteiger partial charge in [0.1, 0.15) is 0 Å². The van der Waals surface area contributed by atoms with Gasteiger partial charge >= 0.3 is 0 Å². The topological polar surface area (TPSA) is 20.2 Å². The lowest BCUT2D eigenvalue weighted by Gasteiger charge is -2.30. The Hall–Kier alpha value is -0.480. The molecule has 0 aromatic carbocycles. The van der Waals surface area contributed by atoms with E-state index >= 15 is 0 Å². The fraction of sp³-hybridized carbons (Fsp3) is 0.857. The summed E-state index contributed by atoms with van der Waals surface area (Å²) in [5.74, 6) is 2.75. The summed E-state index contributed by atoms with van der Waals surface area (Å²) in [7, 11) is 0. The molecule has 15 heavy (non-hydrogen) atoms. The van der Waals surface area contributed by atoms with Crippen LogP contribution in [-0.2, 0) is 0 Å². The Morgan fingerprint density at radius 3 is 2.20 bits per heavy atom. The maximum Gasteiger partial charge on any atom is 0.0725 e. The minimum atomic E-state index is -0.385. The highest BCUT2D eigenvalue weighted by atomic mass is 16.3. The third-order valence-electron chi connectivity index (χ3n) is 2.85. The predicted molar refractivity (Wildman–Crippen MR) is 66.5 cm³/mol. The summed E-state index contributed by atoms with van der Waals surface area (Å²) in [6, 6.07) is 0. The number of aliphatic hydroxyl groups excluding tert-OH is 1. The van der Waals surface area contributed by atoms with Crippen LogP contribution in [0.1, 0.15) is 59.8 Å². The summed E-state index contributed by atoms with van der Waals surface area (Å²) in [5, 5.41) is 10.1. The number of hydrogen-bond acceptors (Lipinski definition) is 1. The molecule has 0 aliphatic carbocycles. The van der Waals surface area contributed by atoms with Crippen molar-refractivity contribution in [3.63, 3.8) is 0 Å². The lowest BCUT2D eigenvalue weighted by atomic mass is 9.79. The first-order valence-corrected chi connectivity index (χ1v) is 6.07. The van der Waals surface area contributed by atoms with Gasteiger partial charge in [-0.1, -0.05) is 53.4 Å². The van der Waals surface area contributed by atoms with Crippen molar-refractivity contribution in [1.29, 1.82) is 0 Å². The van der Waals surface area contributed by atoms with Gasteiger partial charge in [-0.05, 0) is 11.8 Å². The molecule has 0 saturated carbocycles. The van der Waals surface area contributed by atoms with E-state index < -0.39 is 0 Å². The molecule has 0 aliphatic rings. The van der Waals surface area contributed by atoms with E-state index in [0.717, 1.165) is 12.8 Å². The summed E-state index contributed by atoms with van der Waals surface area (Å²) in [5.41, 5.74) is -0.109. The van der Waals surface area contributed by atoms with Crippen molar-refractivity contribution < 1.29 is 5.11 Å². The second-order valence-electron chi connectivity index (χ2n) is 5.43. The molecular weight excluding hydrogens is 184 g/mol. The second-order valence-corrected chi connectivity index (χ2v) is 5.43. The van der Waals surface area contributed by atoms with E-state index in [2.05, 4.69) is 12.8 Å². The van der Waals surface area contributed by atoms with E-state index in [-0.39, 0.29) is 17.4 Å². The van der Waals surface area contributed by atoms with Crippen molar-refractivity contribution in [3.05, 3.63) is 0 Å². The number of unbranched alkanes of at least 4 members (excludes halogenated alkanes) is 3. The van der Waals surface area contributed by atoms with Crippen LogP contribution in [0.2, 0.25) is 0 Å². The highest BCUT2D eigenvalue weighted by Gasteiger charge is 2.28. The molecule has 0 radical (unpaired) electrons. The Kier molecular flexibility index (Phi) is 6.68. The average Bonchev–Trinajstić information content (AvgIpc) is 2.16. The number of terminal acetylenes is 1. The van der Waals surface area contributed by atoms with E-state index in [1.807, 2.05) is 20.8 Å². The molecule has 0 aromatic rings. The SMILES string of the molecule is C#CC(CCCCCC)C(O)C(C)(C)C. The van der Waals surface area contributed by atoms with Gasteiger partial charge in [-0.3, -0.25) is 0 Å². The smallest absolute Gasteiger partial charge is 0.0725 e. The fourth-order valence-electron chi connectivity index (χ4n) is 1.73. The third kappa shape index (κ3) is 5.85. The van der Waals surface area contributed by atoms with Crippen LogP contribution in [0.4, 0.5) is 0 Å². The molecule has 0 bridgehead atoms. The first-order valence-electron chi connectivity index (χ1n) is 6.07. The first kappa shape index (κ1) is 14.5. The van der Waals surface area contributed by atoms with E-state index in [1.165, 1.54) is 19.3 Å². The zero-order valence-electron chi connectivity index (χ0n) is 10.7. The summed E-state index contributed by atoms with van der Waals surface area (Å²) in [4.78, 5) is 0. The van der Waals surface area contributed by atoms with E-state index in [0.29, 0.717) is 0 Å². The molecule has 0 aromatic heterocycles. The Morgan fingerprint density at radius 1 is 1.20 bits per heavy atom. The molecule has 0 saturated heterocycles. The Balaban J connectivity index is 3.99. The average molecular weight is 210 g/mol. The Labute approximate surface area is 95.3 Å². The number of hydrogen-bond donors (Lipinski definition) is 1. The molecule has 88 valence electrons. The Bertz CT molecular complexity index is 194. The summed E-state index contributed by atoms with van der Waals surface area (Å²) < 4.78 is 0. The van der Waals surface area contributed by atoms with E-state index in [4.69, 9.17) is 6.42 Å². The molecule has 1 nitrogen and oxygen atoms in total. The van der Waals surface area contributed by atoms with Crippen LogP contribution >= 0.6 is 0 Å². The van der Waals surface area contributed by atoms with Gasteiger partial charge in [0.15, 0.2) is 0 Å². The van der Waals surface area contributed by atoms with Crippen molar-refractivity contribution in [2.75, 3.05) is 0 Å². The van der Waals surface area contributed by atoms with Crippen molar-refractivity contribution in [2.24, 2.45) is 11.3 Å². The quantitative estimate of drug-likeness (QED) is 0.524. The monoisotopic (exact) mass is 210 g/mol. The Morgan fingerprint density at radius 2 is 1.80 bits per heavy atom. The van der Waals surface area contributed by atoms with Crippen molar-refractivity contribution in [1.82, 2.24) is 0 Å². The number of aliphatic hydroxyl groups is 1. The third-order valence-corrected chi connectivity index (χ3v) is 2.85. The van der Waals surface area contributed by atoms with Gasteiger partial charge in [0.05, 0.1) is 6.10 Å². The molecule has 0 aliphatic heterocycles. The van der Waals surface area contributed by atoms with E-state index in [1.54, 1.807) is 0 Å². The van der Waals surface area contributed by atoms with Crippen molar-refractivity contribution in [3.8, 4) is 12.3 Å². The van der Waals surface area contributed by atoms with Crippen LogP contribution in [0.3, 0.4) is 0 Å². The molecule has 0 fully saturated rings. The lowest BCUT2D eigenvalue weighted by Crippen LogP contribution is -2.33. The van der Waals surface area contributed by atoms with Crippen LogP contribution in [0.25, 0.3) is 0 Å². The zero-order chi connectivity index (χ0) is 11.9. The minimum Gasteiger partial charge on any atom is -0.391 e. The van der Waals surface area contributed by atoms with Gasteiger partial charge in [0, 0.05) is 5.92 Å². The minimum absolute atomic E-state index is 0.0156. The molecule has 2 atom stereocenters. The standard InChI is InChI=1S/C14H26O/c1-6-8-9-10-11-12(7-2)13(15)14(3,4)5/h2,12-13,15H,6,8-11H2,1,3-5H3. The summed E-state index contributed by atoms with van der Waals surface area (Å²) in [6.45, 7) is 8.30. The maximum absolute atomic E-state index is 10.1. The summed E-state index contributed by atoms with van der Waals surface area (Å²) >= 11 is 0. The molecule has 0 spiro atoms. The maximum atomic E-state index is 10.1. The molecular formula is C14H26O. The van der Waals surface area contributed by atoms with Crippen molar-refractivity contribution >= 4 is 0 Å². The van der Waals surface area contributed by atoms with Gasteiger partial charge in [0.2, 0.25) is 0 Å². The highest BCUT2D eigenvalue weighted by Crippen LogP contribution is 2.28. The molecule has 0 amide bonds. The second kappa shape index (κ2) is 6.90. The van der Waals surface area contributed by atoms with Gasteiger partial charge < -0.3 is 5.11 Å². The fourth-order valence-corrected chi connectivity index (χ4v) is 1.73. The molecule has 2 unspecified atom stereocenters. The molecule has 0 rings (SSSR count). The van der Waals surface area contributed by atoms with Crippen LogP contribution in [-0.4, -0.2) is 11.2 Å². The zero-order valence-corrected chi connectivity index (χ0v) is 10.7.